The van der Waals surface area contributed by atoms with Crippen molar-refractivity contribution in [2.75, 3.05) is 39.3 Å². The quantitative estimate of drug-likeness (QED) is 0.270. The molecule has 1 rings (SSSR count). The van der Waals surface area contributed by atoms with E-state index in [0.717, 1.165) is 96.9 Å². The lowest BCUT2D eigenvalue weighted by atomic mass is 10.0. The van der Waals surface area contributed by atoms with E-state index in [-0.39, 0.29) is 19.4 Å². The van der Waals surface area contributed by atoms with Gasteiger partial charge in [0.1, 0.15) is 0 Å². The van der Waals surface area contributed by atoms with Crippen LogP contribution < -0.4 is 0 Å². The average molecular weight is 429 g/mol. The van der Waals surface area contributed by atoms with Crippen molar-refractivity contribution in [3.05, 3.63) is 0 Å². The Morgan fingerprint density at radius 2 is 1.17 bits per heavy atom. The molecule has 0 atom stereocenters. The van der Waals surface area contributed by atoms with Gasteiger partial charge in [0.25, 0.3) is 0 Å². The van der Waals surface area contributed by atoms with Gasteiger partial charge in [-0.3, -0.25) is 9.59 Å². The summed E-state index contributed by atoms with van der Waals surface area (Å²) in [6.45, 7) is 5.36. The van der Waals surface area contributed by atoms with E-state index in [4.69, 9.17) is 15.3 Å². The van der Waals surface area contributed by atoms with Crippen LogP contribution in [0.5, 0.6) is 0 Å². The molecule has 1 aliphatic rings. The standard InChI is InChI=1S/C23H44N2O5/c26-20-19-24-17-13-21(14-18-24)25(15-9-5-1-3-7-11-22(27)28)16-10-6-2-4-8-12-23(29)30/h21,26H,1-20H2,(H,27,28)(H,29,30). The molecule has 0 bridgehead atoms. The number of nitrogens with zero attached hydrogens (tertiary/aromatic N) is 2. The molecule has 0 spiro atoms. The van der Waals surface area contributed by atoms with Gasteiger partial charge in [-0.15, -0.1) is 0 Å². The minimum absolute atomic E-state index is 0.234. The van der Waals surface area contributed by atoms with Crippen LogP contribution >= 0.6 is 0 Å². The first-order chi connectivity index (χ1) is 14.5. The maximum atomic E-state index is 10.6. The summed E-state index contributed by atoms with van der Waals surface area (Å²) in [6.07, 6.45) is 13.3. The van der Waals surface area contributed by atoms with Gasteiger partial charge in [-0.2, -0.15) is 0 Å². The Kier molecular flexibility index (Phi) is 15.7. The van der Waals surface area contributed by atoms with Crippen LogP contribution in [0.2, 0.25) is 0 Å². The van der Waals surface area contributed by atoms with Crippen LogP contribution in [0.4, 0.5) is 0 Å². The number of hydrogen-bond acceptors (Lipinski definition) is 5. The monoisotopic (exact) mass is 428 g/mol. The first-order valence-corrected chi connectivity index (χ1v) is 12.0. The van der Waals surface area contributed by atoms with E-state index < -0.39 is 11.9 Å². The summed E-state index contributed by atoms with van der Waals surface area (Å²) in [5.74, 6) is -1.40. The molecule has 3 N–H and O–H groups in total. The van der Waals surface area contributed by atoms with Crippen LogP contribution in [0.15, 0.2) is 0 Å². The fraction of sp³-hybridized carbons (Fsp3) is 0.913. The smallest absolute Gasteiger partial charge is 0.303 e. The number of likely N-dealkylation sites (tertiary alicyclic amines) is 1. The zero-order valence-corrected chi connectivity index (χ0v) is 18.8. The first-order valence-electron chi connectivity index (χ1n) is 12.0. The Hall–Kier alpha value is -1.18. The Labute approximate surface area is 182 Å². The highest BCUT2D eigenvalue weighted by molar-refractivity contribution is 5.66. The third-order valence-electron chi connectivity index (χ3n) is 6.16. The van der Waals surface area contributed by atoms with E-state index in [9.17, 15) is 9.59 Å². The van der Waals surface area contributed by atoms with Gasteiger partial charge in [-0.1, -0.05) is 38.5 Å². The van der Waals surface area contributed by atoms with E-state index in [1.165, 1.54) is 12.8 Å². The van der Waals surface area contributed by atoms with Crippen LogP contribution in [-0.2, 0) is 9.59 Å². The van der Waals surface area contributed by atoms with Crippen LogP contribution in [0.3, 0.4) is 0 Å². The SMILES string of the molecule is O=C(O)CCCCCCCN(CCCCCCCC(=O)O)C1CCN(CCO)CC1. The van der Waals surface area contributed by atoms with Gasteiger partial charge in [-0.05, 0) is 64.7 Å². The number of aliphatic hydroxyl groups is 1. The van der Waals surface area contributed by atoms with Gasteiger partial charge in [0.15, 0.2) is 0 Å². The predicted molar refractivity (Wildman–Crippen MR) is 119 cm³/mol. The zero-order valence-electron chi connectivity index (χ0n) is 18.8. The Morgan fingerprint density at radius 3 is 1.60 bits per heavy atom. The molecule has 1 aliphatic heterocycles. The third kappa shape index (κ3) is 13.9. The second-order valence-corrected chi connectivity index (χ2v) is 8.66. The summed E-state index contributed by atoms with van der Waals surface area (Å²) in [5, 5.41) is 26.6. The molecule has 30 heavy (non-hydrogen) atoms. The number of carboxylic acids is 2. The van der Waals surface area contributed by atoms with Gasteiger partial charge in [0.2, 0.25) is 0 Å². The van der Waals surface area contributed by atoms with E-state index in [1.54, 1.807) is 0 Å². The number of rotatable bonds is 19. The van der Waals surface area contributed by atoms with Crippen LogP contribution in [0, 0.1) is 0 Å². The molecule has 0 amide bonds. The van der Waals surface area contributed by atoms with Gasteiger partial charge >= 0.3 is 11.9 Å². The van der Waals surface area contributed by atoms with Crippen molar-refractivity contribution in [1.82, 2.24) is 9.80 Å². The lowest BCUT2D eigenvalue weighted by Crippen LogP contribution is -2.46. The highest BCUT2D eigenvalue weighted by Gasteiger charge is 2.23. The molecule has 176 valence electrons. The third-order valence-corrected chi connectivity index (χ3v) is 6.16. The minimum Gasteiger partial charge on any atom is -0.481 e. The van der Waals surface area contributed by atoms with Gasteiger partial charge in [-0.25, -0.2) is 0 Å². The first kappa shape index (κ1) is 26.9. The molecule has 0 aromatic carbocycles. The molecule has 1 saturated heterocycles. The van der Waals surface area contributed by atoms with Crippen molar-refractivity contribution in [1.29, 1.82) is 0 Å². The molecule has 7 heteroatoms. The molecular weight excluding hydrogens is 384 g/mol. The number of carboxylic acid groups (broad SMARTS) is 2. The van der Waals surface area contributed by atoms with Crippen molar-refractivity contribution in [2.45, 2.75) is 95.9 Å². The second-order valence-electron chi connectivity index (χ2n) is 8.66. The second kappa shape index (κ2) is 17.5. The van der Waals surface area contributed by atoms with E-state index in [1.807, 2.05) is 0 Å². The molecule has 0 unspecified atom stereocenters. The normalized spacial score (nSPS) is 15.7. The summed E-state index contributed by atoms with van der Waals surface area (Å²) in [6, 6.07) is 0.624. The van der Waals surface area contributed by atoms with Crippen LogP contribution in [0.25, 0.3) is 0 Å². The van der Waals surface area contributed by atoms with E-state index in [2.05, 4.69) is 9.80 Å². The number of β-amino-alcohol motifs (C(OH)–C–C–N with tert-alkyl or cyclic N) is 1. The number of aliphatic carboxylic acids is 2. The molecule has 1 fully saturated rings. The molecule has 0 aromatic rings. The largest absolute Gasteiger partial charge is 0.481 e. The minimum atomic E-state index is -0.698. The molecular formula is C23H44N2O5. The summed E-state index contributed by atoms with van der Waals surface area (Å²) >= 11 is 0. The number of carbonyl (C=O) groups is 2. The maximum Gasteiger partial charge on any atom is 0.303 e. The molecule has 0 saturated carbocycles. The van der Waals surface area contributed by atoms with Crippen molar-refractivity contribution in [3.63, 3.8) is 0 Å². The van der Waals surface area contributed by atoms with Crippen LogP contribution in [0.1, 0.15) is 89.9 Å². The average Bonchev–Trinajstić information content (AvgIpc) is 2.71. The van der Waals surface area contributed by atoms with Crippen molar-refractivity contribution in [2.24, 2.45) is 0 Å². The van der Waals surface area contributed by atoms with E-state index >= 15 is 0 Å². The highest BCUT2D eigenvalue weighted by atomic mass is 16.4. The fourth-order valence-corrected chi connectivity index (χ4v) is 4.37. The predicted octanol–water partition coefficient (Wildman–Crippen LogP) is 3.60. The Balaban J connectivity index is 2.27. The molecule has 0 aromatic heterocycles. The maximum absolute atomic E-state index is 10.6. The van der Waals surface area contributed by atoms with Gasteiger partial charge in [0.05, 0.1) is 6.61 Å². The Morgan fingerprint density at radius 1 is 0.733 bits per heavy atom. The van der Waals surface area contributed by atoms with Gasteiger partial charge in [0, 0.05) is 25.4 Å². The lowest BCUT2D eigenvalue weighted by Gasteiger charge is -2.38. The van der Waals surface area contributed by atoms with Crippen molar-refractivity contribution >= 4 is 11.9 Å². The summed E-state index contributed by atoms with van der Waals surface area (Å²) in [7, 11) is 0. The molecule has 7 nitrogen and oxygen atoms in total. The van der Waals surface area contributed by atoms with Crippen molar-refractivity contribution in [3.8, 4) is 0 Å². The molecule has 0 aliphatic carbocycles. The van der Waals surface area contributed by atoms with E-state index in [0.29, 0.717) is 6.04 Å². The number of piperidine rings is 1. The topological polar surface area (TPSA) is 101 Å². The molecule has 1 heterocycles. The highest BCUT2D eigenvalue weighted by Crippen LogP contribution is 2.19. The summed E-state index contributed by atoms with van der Waals surface area (Å²) in [5.41, 5.74) is 0. The van der Waals surface area contributed by atoms with Crippen molar-refractivity contribution < 1.29 is 24.9 Å². The molecule has 0 radical (unpaired) electrons. The van der Waals surface area contributed by atoms with Gasteiger partial charge < -0.3 is 25.1 Å². The fourth-order valence-electron chi connectivity index (χ4n) is 4.37. The zero-order chi connectivity index (χ0) is 22.0. The number of unbranched alkanes of at least 4 members (excludes halogenated alkanes) is 8. The number of aliphatic hydroxyl groups excluding tert-OH is 1. The van der Waals surface area contributed by atoms with Crippen LogP contribution in [-0.4, -0.2) is 82.4 Å². The summed E-state index contributed by atoms with van der Waals surface area (Å²) in [4.78, 5) is 26.2. The summed E-state index contributed by atoms with van der Waals surface area (Å²) < 4.78 is 0. The Bertz CT molecular complexity index is 425. The lowest BCUT2D eigenvalue weighted by molar-refractivity contribution is -0.138. The number of hydrogen-bond donors (Lipinski definition) is 3.